The van der Waals surface area contributed by atoms with Crippen LogP contribution in [-0.2, 0) is 16.0 Å². The van der Waals surface area contributed by atoms with Crippen molar-refractivity contribution in [3.63, 3.8) is 0 Å². The number of thioether (sulfide) groups is 1. The number of imide groups is 1. The molecule has 1 atom stereocenters. The molecule has 1 aliphatic heterocycles. The van der Waals surface area contributed by atoms with Gasteiger partial charge in [-0.3, -0.25) is 14.9 Å². The van der Waals surface area contributed by atoms with Gasteiger partial charge in [-0.2, -0.15) is 0 Å². The Hall–Kier alpha value is -1.34. The Morgan fingerprint density at radius 3 is 2.81 bits per heavy atom. The molecule has 0 radical (unpaired) electrons. The van der Waals surface area contributed by atoms with E-state index < -0.39 is 0 Å². The number of rotatable bonds is 7. The summed E-state index contributed by atoms with van der Waals surface area (Å²) in [6.45, 7) is 0.478. The van der Waals surface area contributed by atoms with Crippen molar-refractivity contribution in [3.8, 4) is 5.75 Å². The number of carbonyl (C=O) groups is 3. The van der Waals surface area contributed by atoms with E-state index in [-0.39, 0.29) is 16.4 Å². The number of hydrogen-bond acceptors (Lipinski definition) is 5. The van der Waals surface area contributed by atoms with Crippen LogP contribution in [0.15, 0.2) is 22.7 Å². The van der Waals surface area contributed by atoms with E-state index in [1.807, 2.05) is 18.2 Å². The molecule has 1 heterocycles. The van der Waals surface area contributed by atoms with E-state index in [1.165, 1.54) is 0 Å². The summed E-state index contributed by atoms with van der Waals surface area (Å²) < 4.78 is 6.35. The van der Waals surface area contributed by atoms with Crippen molar-refractivity contribution in [2.24, 2.45) is 0 Å². The highest BCUT2D eigenvalue weighted by molar-refractivity contribution is 9.10. The zero-order valence-corrected chi connectivity index (χ0v) is 13.5. The molecule has 1 saturated heterocycles. The van der Waals surface area contributed by atoms with Crippen LogP contribution < -0.4 is 10.1 Å². The third-order valence-corrected chi connectivity index (χ3v) is 4.51. The molecule has 2 rings (SSSR count). The number of halogens is 1. The van der Waals surface area contributed by atoms with Crippen molar-refractivity contribution in [1.82, 2.24) is 5.32 Å². The number of hydrogen-bond donors (Lipinski definition) is 1. The number of carbonyl (C=O) groups excluding carboxylic acids is 3. The number of amides is 2. The van der Waals surface area contributed by atoms with Gasteiger partial charge in [-0.15, -0.1) is 0 Å². The van der Waals surface area contributed by atoms with E-state index in [9.17, 15) is 14.4 Å². The first-order valence-electron chi connectivity index (χ1n) is 6.46. The monoisotopic (exact) mass is 371 g/mol. The summed E-state index contributed by atoms with van der Waals surface area (Å²) in [5.41, 5.74) is 0.949. The molecule has 1 unspecified atom stereocenters. The molecule has 2 amide bonds. The third kappa shape index (κ3) is 4.57. The molecule has 1 fully saturated rings. The molecule has 5 nitrogen and oxygen atoms in total. The van der Waals surface area contributed by atoms with Crippen LogP contribution in [0, 0.1) is 0 Å². The Balaban J connectivity index is 1.93. The van der Waals surface area contributed by atoms with E-state index in [2.05, 4.69) is 21.2 Å². The van der Waals surface area contributed by atoms with Crippen molar-refractivity contribution < 1.29 is 19.1 Å². The molecule has 1 N–H and O–H groups in total. The lowest BCUT2D eigenvalue weighted by molar-refractivity contribution is -0.119. The van der Waals surface area contributed by atoms with E-state index in [0.29, 0.717) is 31.6 Å². The van der Waals surface area contributed by atoms with Crippen molar-refractivity contribution >= 4 is 45.1 Å². The maximum atomic E-state index is 11.5. The lowest BCUT2D eigenvalue weighted by Gasteiger charge is -2.10. The molecule has 0 bridgehead atoms. The Morgan fingerprint density at radius 2 is 2.19 bits per heavy atom. The highest BCUT2D eigenvalue weighted by Gasteiger charge is 2.31. The van der Waals surface area contributed by atoms with Gasteiger partial charge in [0.05, 0.1) is 16.3 Å². The second-order valence-corrected chi connectivity index (χ2v) is 6.54. The van der Waals surface area contributed by atoms with Crippen molar-refractivity contribution in [2.75, 3.05) is 6.61 Å². The first-order chi connectivity index (χ1) is 10.1. The fraction of sp³-hybridized carbons (Fsp3) is 0.357. The highest BCUT2D eigenvalue weighted by Crippen LogP contribution is 2.29. The van der Waals surface area contributed by atoms with Gasteiger partial charge in [-0.25, -0.2) is 0 Å². The fourth-order valence-electron chi connectivity index (χ4n) is 1.88. The van der Waals surface area contributed by atoms with Gasteiger partial charge in [-0.1, -0.05) is 17.8 Å². The Kier molecular flexibility index (Phi) is 5.81. The third-order valence-electron chi connectivity index (χ3n) is 2.91. The number of nitrogens with one attached hydrogen (secondary N) is 1. The average Bonchev–Trinajstić information content (AvgIpc) is 2.75. The largest absolute Gasteiger partial charge is 0.492 e. The van der Waals surface area contributed by atoms with Gasteiger partial charge < -0.3 is 9.53 Å². The summed E-state index contributed by atoms with van der Waals surface area (Å²) in [5.74, 6) is 0.458. The maximum absolute atomic E-state index is 11.5. The molecule has 0 aliphatic carbocycles. The van der Waals surface area contributed by atoms with Crippen LogP contribution in [0.1, 0.15) is 18.4 Å². The van der Waals surface area contributed by atoms with Crippen LogP contribution in [0.2, 0.25) is 0 Å². The standard InChI is InChI=1S/C14H14BrNO4S/c15-10-7-9(8-12-13(18)16-14(19)21-12)3-4-11(10)20-6-2-1-5-17/h3-5,7,12H,1-2,6,8H2,(H,16,18,19). The van der Waals surface area contributed by atoms with Gasteiger partial charge in [0.1, 0.15) is 12.0 Å². The summed E-state index contributed by atoms with van der Waals surface area (Å²) in [5, 5.41) is 1.61. The van der Waals surface area contributed by atoms with Gasteiger partial charge in [0, 0.05) is 6.42 Å². The number of unbranched alkanes of at least 4 members (excludes halogenated alkanes) is 1. The number of benzene rings is 1. The molecular weight excluding hydrogens is 358 g/mol. The van der Waals surface area contributed by atoms with Crippen LogP contribution in [0.25, 0.3) is 0 Å². The van der Waals surface area contributed by atoms with Crippen molar-refractivity contribution in [2.45, 2.75) is 24.5 Å². The van der Waals surface area contributed by atoms with Crippen LogP contribution in [-0.4, -0.2) is 29.3 Å². The van der Waals surface area contributed by atoms with Gasteiger partial charge in [0.15, 0.2) is 0 Å². The SMILES string of the molecule is O=CCCCOc1ccc(CC2SC(=O)NC2=O)cc1Br. The summed E-state index contributed by atoms with van der Waals surface area (Å²) >= 11 is 4.44. The molecule has 7 heteroatoms. The Morgan fingerprint density at radius 1 is 1.38 bits per heavy atom. The Labute approximate surface area is 134 Å². The summed E-state index contributed by atoms with van der Waals surface area (Å²) in [6.07, 6.45) is 2.52. The first-order valence-corrected chi connectivity index (χ1v) is 8.13. The quantitative estimate of drug-likeness (QED) is 0.589. The number of aldehydes is 1. The molecule has 1 aliphatic rings. The normalized spacial score (nSPS) is 17.7. The summed E-state index contributed by atoms with van der Waals surface area (Å²) in [6, 6.07) is 5.57. The van der Waals surface area contributed by atoms with Crippen LogP contribution in [0.5, 0.6) is 5.75 Å². The molecule has 21 heavy (non-hydrogen) atoms. The minimum Gasteiger partial charge on any atom is -0.492 e. The molecule has 0 spiro atoms. The smallest absolute Gasteiger partial charge is 0.286 e. The Bertz CT molecular complexity index is 564. The number of ether oxygens (including phenoxy) is 1. The molecular formula is C14H14BrNO4S. The van der Waals surface area contributed by atoms with Gasteiger partial charge >= 0.3 is 0 Å². The zero-order chi connectivity index (χ0) is 15.2. The van der Waals surface area contributed by atoms with E-state index in [0.717, 1.165) is 28.1 Å². The average molecular weight is 372 g/mol. The second kappa shape index (κ2) is 7.61. The lowest BCUT2D eigenvalue weighted by Crippen LogP contribution is -2.25. The molecule has 1 aromatic rings. The van der Waals surface area contributed by atoms with Crippen LogP contribution >= 0.6 is 27.7 Å². The molecule has 112 valence electrons. The maximum Gasteiger partial charge on any atom is 0.286 e. The summed E-state index contributed by atoms with van der Waals surface area (Å²) in [7, 11) is 0. The van der Waals surface area contributed by atoms with Crippen LogP contribution in [0.4, 0.5) is 4.79 Å². The zero-order valence-electron chi connectivity index (χ0n) is 11.1. The van der Waals surface area contributed by atoms with Crippen LogP contribution in [0.3, 0.4) is 0 Å². The topological polar surface area (TPSA) is 72.5 Å². The molecule has 1 aromatic carbocycles. The first kappa shape index (κ1) is 16.0. The van der Waals surface area contributed by atoms with Crippen molar-refractivity contribution in [3.05, 3.63) is 28.2 Å². The minimum absolute atomic E-state index is 0.240. The van der Waals surface area contributed by atoms with Gasteiger partial charge in [0.2, 0.25) is 5.91 Å². The highest BCUT2D eigenvalue weighted by atomic mass is 79.9. The minimum atomic E-state index is -0.372. The molecule has 0 saturated carbocycles. The fourth-order valence-corrected chi connectivity index (χ4v) is 3.28. The van der Waals surface area contributed by atoms with E-state index in [4.69, 9.17) is 4.74 Å². The van der Waals surface area contributed by atoms with Gasteiger partial charge in [-0.05, 0) is 46.5 Å². The predicted molar refractivity (Wildman–Crippen MR) is 83.6 cm³/mol. The summed E-state index contributed by atoms with van der Waals surface area (Å²) in [4.78, 5) is 32.9. The molecule has 0 aromatic heterocycles. The van der Waals surface area contributed by atoms with E-state index >= 15 is 0 Å². The second-order valence-electron chi connectivity index (χ2n) is 4.51. The van der Waals surface area contributed by atoms with Gasteiger partial charge in [0.25, 0.3) is 5.24 Å². The van der Waals surface area contributed by atoms with Crippen molar-refractivity contribution in [1.29, 1.82) is 0 Å². The van der Waals surface area contributed by atoms with E-state index in [1.54, 1.807) is 0 Å². The predicted octanol–water partition coefficient (Wildman–Crippen LogP) is 2.70. The lowest BCUT2D eigenvalue weighted by atomic mass is 10.1.